The molecule has 0 N–H and O–H groups in total. The molecule has 0 saturated carbocycles. The van der Waals surface area contributed by atoms with E-state index in [1.165, 1.54) is 291 Å². The summed E-state index contributed by atoms with van der Waals surface area (Å²) in [6.07, 6.45) is 48.5. The Balaban J connectivity index is 0.000000470. The van der Waals surface area contributed by atoms with E-state index >= 15 is 0 Å². The molecule has 6 aromatic rings. The molecule has 6 aromatic carbocycles. The number of halogens is 2. The van der Waals surface area contributed by atoms with Crippen molar-refractivity contribution in [3.05, 3.63) is 215 Å². The largest absolute Gasteiger partial charge is 1.00 e. The van der Waals surface area contributed by atoms with Crippen LogP contribution in [0.4, 0.5) is 0 Å². The molecular weight excluding hydrogens is 1200 g/mol. The average molecular weight is 1340 g/mol. The Hall–Kier alpha value is -3.99. The van der Waals surface area contributed by atoms with Gasteiger partial charge < -0.3 is 38.4 Å². The van der Waals surface area contributed by atoms with Crippen LogP contribution in [-0.4, -0.2) is 61.3 Å². The van der Waals surface area contributed by atoms with Gasteiger partial charge in [-0.2, -0.15) is 0 Å². The van der Waals surface area contributed by atoms with Gasteiger partial charge in [-0.05, 0) is 97.6 Å². The number of hydrogen-bond acceptors (Lipinski definition) is 0. The first-order valence-electron chi connectivity index (χ1n) is 38.3. The number of rotatable bonds is 50. The van der Waals surface area contributed by atoms with Crippen LogP contribution in [0.3, 0.4) is 0 Å². The smallest absolute Gasteiger partial charge is 0.107 e. The Morgan fingerprint density at radius 3 is 0.554 bits per heavy atom. The van der Waals surface area contributed by atoms with E-state index in [9.17, 15) is 0 Å². The zero-order valence-corrected chi connectivity index (χ0v) is 62.8. The molecule has 92 heavy (non-hydrogen) atoms. The van der Waals surface area contributed by atoms with Gasteiger partial charge in [-0.15, -0.1) is 0 Å². The maximum absolute atomic E-state index is 2.67. The van der Waals surface area contributed by atoms with Crippen molar-refractivity contribution in [3.63, 3.8) is 0 Å². The minimum absolute atomic E-state index is 0. The summed E-state index contributed by atoms with van der Waals surface area (Å²) in [5.41, 5.74) is 8.30. The van der Waals surface area contributed by atoms with Gasteiger partial charge in [0.1, 0.15) is 12.1 Å². The van der Waals surface area contributed by atoms with Gasteiger partial charge in [-0.1, -0.05) is 378 Å². The predicted octanol–water partition coefficient (Wildman–Crippen LogP) is 19.8. The second-order valence-electron chi connectivity index (χ2n) is 28.2. The van der Waals surface area contributed by atoms with Crippen molar-refractivity contribution in [2.45, 2.75) is 296 Å². The normalized spacial score (nSPS) is 12.5. The van der Waals surface area contributed by atoms with Crippen molar-refractivity contribution in [1.82, 2.24) is 0 Å². The minimum Gasteiger partial charge on any atom is -1.00 e. The molecule has 6 rings (SSSR count). The highest BCUT2D eigenvalue weighted by atomic mass is 79.9. The molecule has 0 aliphatic heterocycles. The van der Waals surface area contributed by atoms with Crippen LogP contribution in [0, 0.1) is 0 Å². The van der Waals surface area contributed by atoms with Gasteiger partial charge in [0.05, 0.1) is 51.1 Å². The molecular formula is C88H136BrClN2. The number of hydrogen-bond donors (Lipinski definition) is 0. The molecule has 0 fully saturated rings. The topological polar surface area (TPSA) is 0 Å². The summed E-state index contributed by atoms with van der Waals surface area (Å²) in [4.78, 5) is 0. The zero-order chi connectivity index (χ0) is 64.1. The fraction of sp³-hybridized carbons (Fsp3) is 0.591. The third-order valence-corrected chi connectivity index (χ3v) is 21.1. The first-order chi connectivity index (χ1) is 44.3. The lowest BCUT2D eigenvalue weighted by Gasteiger charge is -2.52. The van der Waals surface area contributed by atoms with Crippen LogP contribution in [0.25, 0.3) is 0 Å². The maximum Gasteiger partial charge on any atom is 0.107 e. The summed E-state index contributed by atoms with van der Waals surface area (Å²) in [7, 11) is 5.33. The van der Waals surface area contributed by atoms with Gasteiger partial charge >= 0.3 is 0 Å². The van der Waals surface area contributed by atoms with Crippen LogP contribution < -0.4 is 29.4 Å². The molecule has 2 unspecified atom stereocenters. The molecule has 0 bridgehead atoms. The van der Waals surface area contributed by atoms with Crippen LogP contribution in [0.1, 0.15) is 306 Å². The highest BCUT2D eigenvalue weighted by Gasteiger charge is 2.54. The monoisotopic (exact) mass is 1330 g/mol. The summed E-state index contributed by atoms with van der Waals surface area (Å²) >= 11 is 0. The number of benzene rings is 6. The molecule has 512 valence electrons. The molecule has 4 heteroatoms. The van der Waals surface area contributed by atoms with Crippen LogP contribution in [0.2, 0.25) is 0 Å². The van der Waals surface area contributed by atoms with Crippen molar-refractivity contribution < 1.29 is 38.4 Å². The first kappa shape index (κ1) is 82.2. The molecule has 0 aliphatic carbocycles. The van der Waals surface area contributed by atoms with Crippen molar-refractivity contribution in [2.24, 2.45) is 0 Å². The fourth-order valence-corrected chi connectivity index (χ4v) is 16.1. The summed E-state index contributed by atoms with van der Waals surface area (Å²) in [5.74, 6) is 0. The first-order valence-corrected chi connectivity index (χ1v) is 38.3. The van der Waals surface area contributed by atoms with Crippen molar-refractivity contribution >= 4 is 0 Å². The van der Waals surface area contributed by atoms with Crippen molar-refractivity contribution in [3.8, 4) is 0 Å². The van der Waals surface area contributed by atoms with Gasteiger partial charge in [-0.25, -0.2) is 0 Å². The van der Waals surface area contributed by atoms with E-state index in [4.69, 9.17) is 0 Å². The molecule has 0 radical (unpaired) electrons. The molecule has 0 amide bonds. The SMILES string of the molecule is CCCCCCCC[N+](C)(CCCCCCCC)C(CCCCCCC)C(c1ccccc1)(c1ccccc1)c1ccccc1.CCCCCCCC[N+](C)(CCCCCCCC)C(CCCCCCC)C(c1ccccc1)(c1ccccc1)c1ccccc1.[Br-].[Cl-]. The molecule has 0 saturated heterocycles. The van der Waals surface area contributed by atoms with Gasteiger partial charge in [0.15, 0.2) is 0 Å². The van der Waals surface area contributed by atoms with Crippen LogP contribution >= 0.6 is 0 Å². The highest BCUT2D eigenvalue weighted by molar-refractivity contribution is 5.53. The molecule has 0 aromatic heterocycles. The Kier molecular flexibility index (Phi) is 44.3. The lowest BCUT2D eigenvalue weighted by Crippen LogP contribution is -3.00. The number of nitrogens with zero attached hydrogens (tertiary/aromatic N) is 2. The van der Waals surface area contributed by atoms with Gasteiger partial charge in [0.25, 0.3) is 0 Å². The number of quaternary nitrogens is 2. The molecule has 0 spiro atoms. The molecule has 0 aliphatic rings. The third kappa shape index (κ3) is 26.2. The lowest BCUT2D eigenvalue weighted by molar-refractivity contribution is -0.937. The maximum atomic E-state index is 2.67. The third-order valence-electron chi connectivity index (χ3n) is 21.1. The van der Waals surface area contributed by atoms with E-state index in [2.05, 4.69) is 238 Å². The number of likely N-dealkylation sites (N-methyl/N-ethyl adjacent to an activating group) is 2. The second-order valence-corrected chi connectivity index (χ2v) is 28.2. The Morgan fingerprint density at radius 2 is 0.380 bits per heavy atom. The minimum atomic E-state index is -0.215. The Morgan fingerprint density at radius 1 is 0.228 bits per heavy atom. The van der Waals surface area contributed by atoms with E-state index in [0.717, 1.165) is 8.97 Å². The van der Waals surface area contributed by atoms with Crippen molar-refractivity contribution in [1.29, 1.82) is 0 Å². The van der Waals surface area contributed by atoms with Crippen LogP contribution in [0.15, 0.2) is 182 Å². The van der Waals surface area contributed by atoms with E-state index in [1.54, 1.807) is 0 Å². The molecule has 2 nitrogen and oxygen atoms in total. The standard InChI is InChI=1S/2C44H68N.BrH.ClH/c2*1-5-8-11-14-17-29-38-45(4,39-30-18-15-12-9-6-2)43(37-28-16-13-10-7-3)44(40-31-22-19-23-32-40,41-33-24-20-25-34-41)42-35-26-21-27-36-42;;/h2*19-27,31-36,43H,5-18,28-30,37-39H2,1-4H3;2*1H/q2*+1;;/p-2. The van der Waals surface area contributed by atoms with E-state index < -0.39 is 0 Å². The number of unbranched alkanes of at least 4 members (excludes halogenated alkanes) is 28. The summed E-state index contributed by atoms with van der Waals surface area (Å²) in [5, 5.41) is 0. The Bertz CT molecular complexity index is 2180. The second kappa shape index (κ2) is 49.5. The summed E-state index contributed by atoms with van der Waals surface area (Å²) in [6, 6.07) is 70.7. The van der Waals surface area contributed by atoms with E-state index in [0.29, 0.717) is 12.1 Å². The van der Waals surface area contributed by atoms with Crippen molar-refractivity contribution in [2.75, 3.05) is 40.3 Å². The summed E-state index contributed by atoms with van der Waals surface area (Å²) in [6.45, 7) is 19.1. The highest BCUT2D eigenvalue weighted by Crippen LogP contribution is 2.50. The Labute approximate surface area is 585 Å². The quantitative estimate of drug-likeness (QED) is 0.0203. The van der Waals surface area contributed by atoms with E-state index in [1.807, 2.05) is 0 Å². The van der Waals surface area contributed by atoms with Gasteiger partial charge in [-0.3, -0.25) is 0 Å². The van der Waals surface area contributed by atoms with Crippen LogP contribution in [-0.2, 0) is 10.8 Å². The van der Waals surface area contributed by atoms with Crippen LogP contribution in [0.5, 0.6) is 0 Å². The zero-order valence-electron chi connectivity index (χ0n) is 60.4. The predicted molar refractivity (Wildman–Crippen MR) is 398 cm³/mol. The fourth-order valence-electron chi connectivity index (χ4n) is 16.1. The molecule has 0 heterocycles. The molecule has 2 atom stereocenters. The lowest BCUT2D eigenvalue weighted by atomic mass is 9.62. The average Bonchev–Trinajstić information content (AvgIpc) is 0.744. The van der Waals surface area contributed by atoms with E-state index in [-0.39, 0.29) is 40.2 Å². The van der Waals surface area contributed by atoms with Gasteiger partial charge in [0, 0.05) is 12.8 Å². The van der Waals surface area contributed by atoms with Gasteiger partial charge in [0.2, 0.25) is 0 Å². The summed E-state index contributed by atoms with van der Waals surface area (Å²) < 4.78 is 2.32.